The number of phenols is 1. The number of benzene rings is 2. The quantitative estimate of drug-likeness (QED) is 0.258. The van der Waals surface area contributed by atoms with Crippen LogP contribution in [0.25, 0.3) is 22.0 Å². The number of aromatic hydroxyl groups is 1. The van der Waals surface area contributed by atoms with Crippen LogP contribution in [0, 0.1) is 0 Å². The summed E-state index contributed by atoms with van der Waals surface area (Å²) in [6, 6.07) is 7.16. The maximum absolute atomic E-state index is 13.5. The lowest BCUT2D eigenvalue weighted by Crippen LogP contribution is -2.45. The number of alkyl halides is 3. The third kappa shape index (κ3) is 6.63. The molecule has 0 saturated carbocycles. The molecule has 4 rings (SSSR count). The van der Waals surface area contributed by atoms with Gasteiger partial charge in [0.2, 0.25) is 6.41 Å². The van der Waals surface area contributed by atoms with Gasteiger partial charge < -0.3 is 20.1 Å². The second kappa shape index (κ2) is 12.0. The number of carbonyl (C=O) groups excluding carboxylic acids is 1. The van der Waals surface area contributed by atoms with E-state index < -0.39 is 23.4 Å². The van der Waals surface area contributed by atoms with Crippen molar-refractivity contribution in [2.45, 2.75) is 30.0 Å². The molecule has 1 aromatic heterocycles. The topological polar surface area (TPSA) is 96.9 Å². The second-order valence-corrected chi connectivity index (χ2v) is 10.6. The summed E-state index contributed by atoms with van der Waals surface area (Å²) in [5.41, 5.74) is -1.02. The fourth-order valence-electron chi connectivity index (χ4n) is 4.47. The average Bonchev–Trinajstić information content (AvgIpc) is 2.88. The second-order valence-electron chi connectivity index (χ2n) is 9.17. The van der Waals surface area contributed by atoms with Crippen molar-refractivity contribution < 1.29 is 28.2 Å². The van der Waals surface area contributed by atoms with E-state index in [1.54, 1.807) is 4.90 Å². The molecular formula is C26H27ClF3N3O4S. The van der Waals surface area contributed by atoms with Crippen molar-refractivity contribution >= 4 is 40.7 Å². The largest absolute Gasteiger partial charge is 0.507 e. The molecule has 1 saturated heterocycles. The fraction of sp³-hybridized carbons (Fsp3) is 0.385. The summed E-state index contributed by atoms with van der Waals surface area (Å²) >= 11 is 7.15. The molecule has 3 N–H and O–H groups in total. The number of fused-ring (bicyclic) bond motifs is 1. The van der Waals surface area contributed by atoms with Crippen LogP contribution in [-0.4, -0.2) is 76.0 Å². The molecule has 0 bridgehead atoms. The molecule has 3 aromatic rings. The number of aliphatic hydroxyl groups excluding tert-OH is 1. The predicted octanol–water partition coefficient (Wildman–Crippen LogP) is 4.58. The molecule has 38 heavy (non-hydrogen) atoms. The number of amides is 1. The number of piperazine rings is 1. The molecule has 0 aliphatic carbocycles. The molecule has 1 atom stereocenters. The molecule has 12 heteroatoms. The third-order valence-corrected chi connectivity index (χ3v) is 7.98. The zero-order valence-electron chi connectivity index (χ0n) is 20.3. The number of hydrogen-bond donors (Lipinski definition) is 3. The highest BCUT2D eigenvalue weighted by Gasteiger charge is 2.31. The molecule has 1 fully saturated rings. The van der Waals surface area contributed by atoms with Crippen molar-refractivity contribution in [3.8, 4) is 16.9 Å². The minimum Gasteiger partial charge on any atom is -0.507 e. The first-order valence-electron chi connectivity index (χ1n) is 12.1. The summed E-state index contributed by atoms with van der Waals surface area (Å²) in [4.78, 5) is 30.5. The van der Waals surface area contributed by atoms with E-state index in [9.17, 15) is 33.0 Å². The van der Waals surface area contributed by atoms with Gasteiger partial charge in [-0.15, -0.1) is 11.8 Å². The molecule has 0 spiro atoms. The van der Waals surface area contributed by atoms with E-state index in [1.807, 2.05) is 0 Å². The van der Waals surface area contributed by atoms with E-state index in [1.165, 1.54) is 24.3 Å². The lowest BCUT2D eigenvalue weighted by atomic mass is 9.98. The number of nitrogens with zero attached hydrogens (tertiary/aromatic N) is 2. The van der Waals surface area contributed by atoms with Crippen LogP contribution in [-0.2, 0) is 11.0 Å². The summed E-state index contributed by atoms with van der Waals surface area (Å²) in [5, 5.41) is 21.5. The van der Waals surface area contributed by atoms with Gasteiger partial charge in [-0.2, -0.15) is 13.2 Å². The molecule has 1 aliphatic rings. The Morgan fingerprint density at radius 3 is 2.55 bits per heavy atom. The van der Waals surface area contributed by atoms with Crippen LogP contribution in [0.3, 0.4) is 0 Å². The molecule has 0 radical (unpaired) electrons. The van der Waals surface area contributed by atoms with Gasteiger partial charge >= 0.3 is 6.18 Å². The minimum absolute atomic E-state index is 0.0819. The molecule has 1 unspecified atom stereocenters. The number of thioether (sulfide) groups is 1. The van der Waals surface area contributed by atoms with Crippen molar-refractivity contribution in [1.29, 1.82) is 0 Å². The number of hydrogen-bond acceptors (Lipinski definition) is 6. The van der Waals surface area contributed by atoms with E-state index in [-0.39, 0.29) is 43.5 Å². The van der Waals surface area contributed by atoms with Crippen LogP contribution in [0.5, 0.6) is 5.75 Å². The monoisotopic (exact) mass is 569 g/mol. The summed E-state index contributed by atoms with van der Waals surface area (Å²) in [6.45, 7) is 3.63. The van der Waals surface area contributed by atoms with Gasteiger partial charge in [-0.25, -0.2) is 0 Å². The van der Waals surface area contributed by atoms with Crippen molar-refractivity contribution in [2.75, 3.05) is 38.5 Å². The zero-order valence-corrected chi connectivity index (χ0v) is 21.9. The van der Waals surface area contributed by atoms with Gasteiger partial charge in [0.05, 0.1) is 16.6 Å². The van der Waals surface area contributed by atoms with E-state index in [0.717, 1.165) is 49.9 Å². The molecule has 7 nitrogen and oxygen atoms in total. The number of halogens is 4. The number of nitrogens with one attached hydrogen (secondary N) is 1. The number of carbonyl (C=O) groups is 1. The Morgan fingerprint density at radius 2 is 1.87 bits per heavy atom. The van der Waals surface area contributed by atoms with E-state index in [2.05, 4.69) is 9.88 Å². The standard InChI is InChI=1S/C26H27ClF3N3O4S/c27-17-4-6-22(36)20(13-17)23-19-12-16(26(28,29)30)3-5-21(19)31-25(37)24(23)38-14-18(35)2-1-7-32-8-10-33(15-34)11-9-32/h3-6,12-13,15,18,35-36H,1-2,7-11,14H2,(H,31,37). The lowest BCUT2D eigenvalue weighted by molar-refractivity contribution is -0.137. The number of aromatic nitrogens is 1. The number of H-pyrrole nitrogens is 1. The third-order valence-electron chi connectivity index (χ3n) is 6.51. The molecule has 204 valence electrons. The van der Waals surface area contributed by atoms with Crippen molar-refractivity contribution in [1.82, 2.24) is 14.8 Å². The highest BCUT2D eigenvalue weighted by Crippen LogP contribution is 2.42. The maximum atomic E-state index is 13.5. The van der Waals surface area contributed by atoms with Crippen LogP contribution in [0.4, 0.5) is 13.2 Å². The van der Waals surface area contributed by atoms with Crippen LogP contribution in [0.1, 0.15) is 18.4 Å². The smallest absolute Gasteiger partial charge is 0.416 e. The van der Waals surface area contributed by atoms with Gasteiger partial charge in [0, 0.05) is 59.0 Å². The highest BCUT2D eigenvalue weighted by molar-refractivity contribution is 7.99. The maximum Gasteiger partial charge on any atom is 0.416 e. The Hall–Kier alpha value is -2.73. The highest BCUT2D eigenvalue weighted by atomic mass is 35.5. The number of pyridine rings is 1. The van der Waals surface area contributed by atoms with Crippen LogP contribution in [0.15, 0.2) is 46.1 Å². The van der Waals surface area contributed by atoms with Gasteiger partial charge in [-0.1, -0.05) is 11.6 Å². The van der Waals surface area contributed by atoms with Gasteiger partial charge in [-0.3, -0.25) is 14.5 Å². The van der Waals surface area contributed by atoms with Crippen LogP contribution in [0.2, 0.25) is 5.02 Å². The van der Waals surface area contributed by atoms with Gasteiger partial charge in [0.1, 0.15) is 5.75 Å². The van der Waals surface area contributed by atoms with E-state index in [0.29, 0.717) is 25.9 Å². The Kier molecular flexibility index (Phi) is 8.92. The van der Waals surface area contributed by atoms with Gasteiger partial charge in [-0.05, 0) is 55.8 Å². The molecule has 1 aliphatic heterocycles. The molecule has 2 aromatic carbocycles. The van der Waals surface area contributed by atoms with E-state index >= 15 is 0 Å². The Morgan fingerprint density at radius 1 is 1.13 bits per heavy atom. The summed E-state index contributed by atoms with van der Waals surface area (Å²) in [7, 11) is 0. The first-order valence-corrected chi connectivity index (χ1v) is 13.4. The average molecular weight is 570 g/mol. The molecule has 1 amide bonds. The zero-order chi connectivity index (χ0) is 27.4. The predicted molar refractivity (Wildman–Crippen MR) is 142 cm³/mol. The Labute approximate surface area is 226 Å². The Balaban J connectivity index is 1.58. The molecule has 2 heterocycles. The molecular weight excluding hydrogens is 543 g/mol. The summed E-state index contributed by atoms with van der Waals surface area (Å²) < 4.78 is 40.5. The summed E-state index contributed by atoms with van der Waals surface area (Å²) in [6.07, 6.45) is -3.38. The lowest BCUT2D eigenvalue weighted by Gasteiger charge is -2.32. The van der Waals surface area contributed by atoms with Gasteiger partial charge in [0.25, 0.3) is 5.56 Å². The number of phenolic OH excluding ortho intramolecular Hbond substituents is 1. The Bertz CT molecular complexity index is 1360. The number of aromatic amines is 1. The van der Waals surface area contributed by atoms with E-state index in [4.69, 9.17) is 11.6 Å². The number of aliphatic hydroxyl groups is 1. The van der Waals surface area contributed by atoms with Crippen LogP contribution < -0.4 is 5.56 Å². The van der Waals surface area contributed by atoms with Crippen molar-refractivity contribution in [2.24, 2.45) is 0 Å². The SMILES string of the molecule is O=CN1CCN(CCCC(O)CSc2c(-c3cc(Cl)ccc3O)c3cc(C(F)(F)F)ccc3[nH]c2=O)CC1. The van der Waals surface area contributed by atoms with Crippen LogP contribution >= 0.6 is 23.4 Å². The minimum atomic E-state index is -4.61. The van der Waals surface area contributed by atoms with Crippen molar-refractivity contribution in [3.05, 3.63) is 57.3 Å². The fourth-order valence-corrected chi connectivity index (χ4v) is 5.71. The van der Waals surface area contributed by atoms with Crippen molar-refractivity contribution in [3.63, 3.8) is 0 Å². The number of rotatable bonds is 9. The first kappa shape index (κ1) is 28.3. The normalized spacial score (nSPS) is 15.7. The van der Waals surface area contributed by atoms with Gasteiger partial charge in [0.15, 0.2) is 0 Å². The first-order chi connectivity index (χ1) is 18.1. The summed E-state index contributed by atoms with van der Waals surface area (Å²) in [5.74, 6) is -0.114.